The lowest BCUT2D eigenvalue weighted by Crippen LogP contribution is -2.44. The van der Waals surface area contributed by atoms with Crippen molar-refractivity contribution in [3.63, 3.8) is 0 Å². The van der Waals surface area contributed by atoms with Gasteiger partial charge in [0.15, 0.2) is 17.2 Å². The van der Waals surface area contributed by atoms with Crippen molar-refractivity contribution in [3.8, 4) is 11.5 Å². The van der Waals surface area contributed by atoms with Gasteiger partial charge in [-0.3, -0.25) is 23.9 Å². The topological polar surface area (TPSA) is 140 Å². The summed E-state index contributed by atoms with van der Waals surface area (Å²) in [6.45, 7) is 5.27. The molecule has 11 heteroatoms. The van der Waals surface area contributed by atoms with Crippen molar-refractivity contribution in [2.24, 2.45) is 5.92 Å². The molecule has 1 aliphatic heterocycles. The normalized spacial score (nSPS) is 15.1. The van der Waals surface area contributed by atoms with Crippen molar-refractivity contribution in [1.29, 1.82) is 0 Å². The Bertz CT molecular complexity index is 1250. The van der Waals surface area contributed by atoms with Crippen LogP contribution in [0.25, 0.3) is 0 Å². The zero-order valence-electron chi connectivity index (χ0n) is 22.7. The number of amides is 2. The number of hydrogen-bond acceptors (Lipinski definition) is 7. The van der Waals surface area contributed by atoms with Gasteiger partial charge in [-0.25, -0.2) is 4.79 Å². The second-order valence-corrected chi connectivity index (χ2v) is 9.52. The lowest BCUT2D eigenvalue weighted by molar-refractivity contribution is -0.128. The Morgan fingerprint density at radius 1 is 1.08 bits per heavy atom. The Balaban J connectivity index is 1.80. The molecule has 1 fully saturated rings. The van der Waals surface area contributed by atoms with Crippen LogP contribution in [0, 0.1) is 5.92 Å². The Kier molecular flexibility index (Phi) is 9.98. The number of carbonyl (C=O) groups is 2. The number of nitrogen functional groups attached to an aromatic ring is 1. The van der Waals surface area contributed by atoms with Gasteiger partial charge in [0, 0.05) is 32.6 Å². The van der Waals surface area contributed by atoms with E-state index in [4.69, 9.17) is 15.2 Å². The third-order valence-corrected chi connectivity index (χ3v) is 6.90. The number of rotatable bonds is 13. The van der Waals surface area contributed by atoms with E-state index >= 15 is 0 Å². The maximum Gasteiger partial charge on any atom is 0.330 e. The predicted molar refractivity (Wildman–Crippen MR) is 146 cm³/mol. The van der Waals surface area contributed by atoms with Gasteiger partial charge in [0.2, 0.25) is 11.8 Å². The summed E-state index contributed by atoms with van der Waals surface area (Å²) in [7, 11) is 3.14. The SMILES string of the molecule is CCCCN(C(=O)[C@@H]1CC(=O)N(CCc2ccc(OC)c(OC)c2)C1)c1c(N)n(CCCC)c(=O)[nH]c1=O. The van der Waals surface area contributed by atoms with Crippen LogP contribution in [-0.2, 0) is 22.6 Å². The Hall–Kier alpha value is -3.76. The molecule has 11 nitrogen and oxygen atoms in total. The summed E-state index contributed by atoms with van der Waals surface area (Å²) in [6, 6.07) is 5.61. The number of nitrogens with two attached hydrogens (primary N) is 1. The van der Waals surface area contributed by atoms with Gasteiger partial charge < -0.3 is 25.0 Å². The van der Waals surface area contributed by atoms with Gasteiger partial charge in [-0.2, -0.15) is 0 Å². The van der Waals surface area contributed by atoms with Crippen molar-refractivity contribution < 1.29 is 19.1 Å². The van der Waals surface area contributed by atoms with Gasteiger partial charge in [-0.05, 0) is 37.0 Å². The van der Waals surface area contributed by atoms with Crippen LogP contribution in [0.1, 0.15) is 51.5 Å². The fourth-order valence-corrected chi connectivity index (χ4v) is 4.70. The zero-order valence-corrected chi connectivity index (χ0v) is 22.7. The van der Waals surface area contributed by atoms with Crippen molar-refractivity contribution in [2.45, 2.75) is 58.9 Å². The molecular weight excluding hydrogens is 490 g/mol. The largest absolute Gasteiger partial charge is 0.493 e. The Labute approximate surface area is 222 Å². The number of benzene rings is 1. The second kappa shape index (κ2) is 13.2. The molecule has 3 rings (SSSR count). The van der Waals surface area contributed by atoms with Crippen molar-refractivity contribution in [2.75, 3.05) is 44.5 Å². The van der Waals surface area contributed by atoms with Crippen molar-refractivity contribution in [3.05, 3.63) is 44.6 Å². The molecule has 1 aromatic heterocycles. The van der Waals surface area contributed by atoms with Crippen LogP contribution in [0.5, 0.6) is 11.5 Å². The highest BCUT2D eigenvalue weighted by molar-refractivity contribution is 6.00. The average Bonchev–Trinajstić information content (AvgIpc) is 3.28. The summed E-state index contributed by atoms with van der Waals surface area (Å²) in [5, 5.41) is 0. The number of methoxy groups -OCH3 is 2. The number of unbranched alkanes of at least 4 members (excludes halogenated alkanes) is 2. The number of aromatic nitrogens is 2. The fourth-order valence-electron chi connectivity index (χ4n) is 4.70. The summed E-state index contributed by atoms with van der Waals surface area (Å²) in [5.41, 5.74) is 5.97. The molecule has 0 bridgehead atoms. The highest BCUT2D eigenvalue weighted by Gasteiger charge is 2.38. The van der Waals surface area contributed by atoms with E-state index < -0.39 is 17.2 Å². The molecule has 2 heterocycles. The van der Waals surface area contributed by atoms with Gasteiger partial charge in [0.25, 0.3) is 5.56 Å². The lowest BCUT2D eigenvalue weighted by Gasteiger charge is -2.27. The molecule has 0 saturated carbocycles. The van der Waals surface area contributed by atoms with Crippen LogP contribution in [0.2, 0.25) is 0 Å². The summed E-state index contributed by atoms with van der Waals surface area (Å²) in [5.74, 6) is 0.153. The molecule has 2 aromatic rings. The number of ether oxygens (including phenoxy) is 2. The van der Waals surface area contributed by atoms with E-state index in [1.54, 1.807) is 19.1 Å². The average molecular weight is 530 g/mol. The van der Waals surface area contributed by atoms with E-state index in [1.165, 1.54) is 9.47 Å². The van der Waals surface area contributed by atoms with Gasteiger partial charge in [0.05, 0.1) is 20.1 Å². The van der Waals surface area contributed by atoms with Crippen LogP contribution >= 0.6 is 0 Å². The number of anilines is 2. The number of H-pyrrole nitrogens is 1. The molecule has 3 N–H and O–H groups in total. The predicted octanol–water partition coefficient (Wildman–Crippen LogP) is 2.16. The number of aromatic amines is 1. The molecular formula is C27H39N5O6. The summed E-state index contributed by atoms with van der Waals surface area (Å²) >= 11 is 0. The maximum absolute atomic E-state index is 13.7. The van der Waals surface area contributed by atoms with Gasteiger partial charge >= 0.3 is 5.69 Å². The molecule has 1 saturated heterocycles. The number of hydrogen-bond donors (Lipinski definition) is 2. The highest BCUT2D eigenvalue weighted by atomic mass is 16.5. The zero-order chi connectivity index (χ0) is 27.8. The van der Waals surface area contributed by atoms with E-state index in [-0.39, 0.29) is 42.8 Å². The minimum Gasteiger partial charge on any atom is -0.493 e. The molecule has 0 radical (unpaired) electrons. The summed E-state index contributed by atoms with van der Waals surface area (Å²) in [4.78, 5) is 57.1. The number of likely N-dealkylation sites (tertiary alicyclic amines) is 1. The highest BCUT2D eigenvalue weighted by Crippen LogP contribution is 2.29. The molecule has 208 valence electrons. The van der Waals surface area contributed by atoms with Gasteiger partial charge in [-0.15, -0.1) is 0 Å². The second-order valence-electron chi connectivity index (χ2n) is 9.52. The Morgan fingerprint density at radius 3 is 2.45 bits per heavy atom. The van der Waals surface area contributed by atoms with Gasteiger partial charge in [-0.1, -0.05) is 32.8 Å². The van der Waals surface area contributed by atoms with Crippen LogP contribution in [0.4, 0.5) is 11.5 Å². The molecule has 1 atom stereocenters. The fraction of sp³-hybridized carbons (Fsp3) is 0.556. The van der Waals surface area contributed by atoms with Crippen LogP contribution in [0.15, 0.2) is 27.8 Å². The number of nitrogens with one attached hydrogen (secondary N) is 1. The first kappa shape index (κ1) is 28.8. The minimum atomic E-state index is -0.695. The van der Waals surface area contributed by atoms with Gasteiger partial charge in [0.1, 0.15) is 5.82 Å². The first-order valence-corrected chi connectivity index (χ1v) is 13.2. The van der Waals surface area contributed by atoms with E-state index in [0.717, 1.165) is 18.4 Å². The van der Waals surface area contributed by atoms with E-state index in [2.05, 4.69) is 4.98 Å². The first-order valence-electron chi connectivity index (χ1n) is 13.2. The maximum atomic E-state index is 13.7. The third-order valence-electron chi connectivity index (χ3n) is 6.90. The quantitative estimate of drug-likeness (QED) is 0.405. The molecule has 0 spiro atoms. The molecule has 0 aliphatic carbocycles. The van der Waals surface area contributed by atoms with Crippen LogP contribution in [0.3, 0.4) is 0 Å². The van der Waals surface area contributed by atoms with Crippen LogP contribution in [-0.4, -0.2) is 60.1 Å². The number of carbonyl (C=O) groups excluding carboxylic acids is 2. The minimum absolute atomic E-state index is 0.0182. The first-order chi connectivity index (χ1) is 18.2. The molecule has 1 aromatic carbocycles. The summed E-state index contributed by atoms with van der Waals surface area (Å²) < 4.78 is 11.9. The van der Waals surface area contributed by atoms with Crippen molar-refractivity contribution in [1.82, 2.24) is 14.5 Å². The molecule has 1 aliphatic rings. The standard InChI is InChI=1S/C27H39N5O6/c1-5-7-12-31(23-24(28)32(13-8-6-2)27(36)29-25(23)34)26(35)19-16-22(33)30(17-19)14-11-18-9-10-20(37-3)21(15-18)38-4/h9-10,15,19H,5-8,11-14,16-17,28H2,1-4H3,(H,29,34,36)/t19-/m1/s1. The molecule has 0 unspecified atom stereocenters. The van der Waals surface area contributed by atoms with E-state index in [9.17, 15) is 19.2 Å². The van der Waals surface area contributed by atoms with Crippen molar-refractivity contribution >= 4 is 23.3 Å². The third kappa shape index (κ3) is 6.38. The summed E-state index contributed by atoms with van der Waals surface area (Å²) in [6.07, 6.45) is 3.61. The Morgan fingerprint density at radius 2 is 1.79 bits per heavy atom. The molecule has 2 amide bonds. The molecule has 38 heavy (non-hydrogen) atoms. The van der Waals surface area contributed by atoms with Crippen LogP contribution < -0.4 is 31.4 Å². The monoisotopic (exact) mass is 529 g/mol. The van der Waals surface area contributed by atoms with E-state index in [0.29, 0.717) is 43.9 Å². The lowest BCUT2D eigenvalue weighted by atomic mass is 10.1. The smallest absolute Gasteiger partial charge is 0.330 e. The van der Waals surface area contributed by atoms with E-state index in [1.807, 2.05) is 32.0 Å². The number of nitrogens with zero attached hydrogens (tertiary/aromatic N) is 3.